The summed E-state index contributed by atoms with van der Waals surface area (Å²) in [6.45, 7) is 2.27. The number of hydrogen-bond acceptors (Lipinski definition) is 3. The van der Waals surface area contributed by atoms with Crippen LogP contribution in [-0.4, -0.2) is 24.0 Å². The van der Waals surface area contributed by atoms with Gasteiger partial charge in [0.2, 0.25) is 0 Å². The highest BCUT2D eigenvalue weighted by Gasteiger charge is 2.13. The molecule has 0 bridgehead atoms. The zero-order chi connectivity index (χ0) is 13.5. The molecule has 0 saturated carbocycles. The number of carbonyl (C=O) groups excluding carboxylic acids is 1. The van der Waals surface area contributed by atoms with E-state index >= 15 is 0 Å². The van der Waals surface area contributed by atoms with Crippen LogP contribution in [0.3, 0.4) is 0 Å². The van der Waals surface area contributed by atoms with Gasteiger partial charge in [-0.2, -0.15) is 0 Å². The van der Waals surface area contributed by atoms with Crippen LogP contribution in [-0.2, 0) is 9.59 Å². The first kappa shape index (κ1) is 13.9. The maximum absolute atomic E-state index is 13.6. The fourth-order valence-corrected chi connectivity index (χ4v) is 1.36. The summed E-state index contributed by atoms with van der Waals surface area (Å²) in [7, 11) is 0. The van der Waals surface area contributed by atoms with Crippen molar-refractivity contribution < 1.29 is 23.8 Å². The molecule has 1 N–H and O–H groups in total. The summed E-state index contributed by atoms with van der Waals surface area (Å²) in [5.74, 6) is -1.88. The van der Waals surface area contributed by atoms with Gasteiger partial charge in [-0.3, -0.25) is 4.79 Å². The summed E-state index contributed by atoms with van der Waals surface area (Å²) in [6.07, 6.45) is 1.97. The van der Waals surface area contributed by atoms with Gasteiger partial charge in [-0.15, -0.1) is 0 Å². The number of halogens is 1. The van der Waals surface area contributed by atoms with E-state index in [1.165, 1.54) is 12.1 Å². The normalized spacial score (nSPS) is 11.1. The second-order valence-electron chi connectivity index (χ2n) is 3.52. The molecule has 4 nitrogen and oxygen atoms in total. The molecule has 0 aliphatic rings. The van der Waals surface area contributed by atoms with E-state index in [9.17, 15) is 14.0 Å². The predicted molar refractivity (Wildman–Crippen MR) is 63.9 cm³/mol. The minimum Gasteiger partial charge on any atom is -0.491 e. The van der Waals surface area contributed by atoms with Gasteiger partial charge in [0.1, 0.15) is 6.29 Å². The van der Waals surface area contributed by atoms with Crippen LogP contribution in [0.5, 0.6) is 5.75 Å². The molecule has 0 fully saturated rings. The molecule has 0 spiro atoms. The Bertz CT molecular complexity index is 480. The maximum Gasteiger partial charge on any atom is 0.336 e. The summed E-state index contributed by atoms with van der Waals surface area (Å²) >= 11 is 0. The van der Waals surface area contributed by atoms with Crippen molar-refractivity contribution in [2.75, 3.05) is 6.61 Å². The van der Waals surface area contributed by atoms with Crippen molar-refractivity contribution in [3.05, 3.63) is 35.7 Å². The van der Waals surface area contributed by atoms with E-state index in [1.54, 1.807) is 0 Å². The lowest BCUT2D eigenvalue weighted by molar-refractivity contribution is -0.130. The Hall–Kier alpha value is -2.17. The third kappa shape index (κ3) is 3.41. The standard InChI is InChI=1S/C13H13FO4/c1-2-7-18-12-4-3-9(8-11(12)14)10(5-6-15)13(16)17/h3-6,8H,2,7H2,1H3,(H,16,17). The predicted octanol–water partition coefficient (Wildman–Crippen LogP) is 2.28. The summed E-state index contributed by atoms with van der Waals surface area (Å²) in [4.78, 5) is 21.2. The van der Waals surface area contributed by atoms with Gasteiger partial charge in [0, 0.05) is 0 Å². The number of hydrogen-bond donors (Lipinski definition) is 1. The van der Waals surface area contributed by atoms with Gasteiger partial charge >= 0.3 is 5.97 Å². The Balaban J connectivity index is 3.05. The molecule has 5 heteroatoms. The number of ether oxygens (including phenoxy) is 1. The quantitative estimate of drug-likeness (QED) is 0.623. The van der Waals surface area contributed by atoms with Crippen LogP contribution in [0.1, 0.15) is 18.9 Å². The van der Waals surface area contributed by atoms with Crippen LogP contribution >= 0.6 is 0 Å². The molecule has 0 heterocycles. The number of carbonyl (C=O) groups is 2. The van der Waals surface area contributed by atoms with Crippen molar-refractivity contribution in [3.8, 4) is 5.75 Å². The first-order valence-corrected chi connectivity index (χ1v) is 5.41. The average molecular weight is 252 g/mol. The number of aliphatic carboxylic acids is 1. The van der Waals surface area contributed by atoms with Gasteiger partial charge < -0.3 is 9.84 Å². The summed E-state index contributed by atoms with van der Waals surface area (Å²) in [6, 6.07) is 3.79. The van der Waals surface area contributed by atoms with Gasteiger partial charge in [0.25, 0.3) is 0 Å². The Kier molecular flexibility index (Phi) is 5.05. The van der Waals surface area contributed by atoms with E-state index in [-0.39, 0.29) is 16.9 Å². The number of carboxylic acids is 1. The summed E-state index contributed by atoms with van der Waals surface area (Å²) < 4.78 is 18.7. The largest absolute Gasteiger partial charge is 0.491 e. The lowest BCUT2D eigenvalue weighted by Crippen LogP contribution is -2.02. The van der Waals surface area contributed by atoms with Crippen LogP contribution in [0.4, 0.5) is 4.39 Å². The van der Waals surface area contributed by atoms with Crippen molar-refractivity contribution in [2.45, 2.75) is 13.3 Å². The van der Waals surface area contributed by atoms with E-state index < -0.39 is 11.8 Å². The topological polar surface area (TPSA) is 63.6 Å². The molecule has 0 amide bonds. The highest BCUT2D eigenvalue weighted by molar-refractivity contribution is 6.18. The van der Waals surface area contributed by atoms with Crippen LogP contribution in [0, 0.1) is 5.82 Å². The molecule has 0 aliphatic carbocycles. The van der Waals surface area contributed by atoms with Gasteiger partial charge in [-0.05, 0) is 30.2 Å². The highest BCUT2D eigenvalue weighted by Crippen LogP contribution is 2.23. The van der Waals surface area contributed by atoms with Crippen LogP contribution in [0.2, 0.25) is 0 Å². The van der Waals surface area contributed by atoms with Crippen molar-refractivity contribution in [2.24, 2.45) is 0 Å². The smallest absolute Gasteiger partial charge is 0.336 e. The number of rotatable bonds is 6. The number of allylic oxidation sites excluding steroid dienone is 1. The molecule has 18 heavy (non-hydrogen) atoms. The first-order chi connectivity index (χ1) is 8.60. The third-order valence-corrected chi connectivity index (χ3v) is 2.17. The monoisotopic (exact) mass is 252 g/mol. The van der Waals surface area contributed by atoms with Crippen LogP contribution < -0.4 is 4.74 Å². The van der Waals surface area contributed by atoms with Gasteiger partial charge in [0.05, 0.1) is 12.2 Å². The number of aldehydes is 1. The molecule has 0 aromatic heterocycles. The first-order valence-electron chi connectivity index (χ1n) is 5.41. The third-order valence-electron chi connectivity index (χ3n) is 2.17. The second-order valence-corrected chi connectivity index (χ2v) is 3.52. The molecule has 0 atom stereocenters. The molecule has 1 aromatic rings. The van der Waals surface area contributed by atoms with Gasteiger partial charge in [-0.25, -0.2) is 9.18 Å². The van der Waals surface area contributed by atoms with Crippen LogP contribution in [0.15, 0.2) is 24.3 Å². The SMILES string of the molecule is CCCOc1ccc(C(=CC=O)C(=O)O)cc1F. The Labute approximate surface area is 104 Å². The Morgan fingerprint density at radius 1 is 1.50 bits per heavy atom. The molecular formula is C13H13FO4. The van der Waals surface area contributed by atoms with Gasteiger partial charge in [-0.1, -0.05) is 13.0 Å². The fraction of sp³-hybridized carbons (Fsp3) is 0.231. The molecule has 0 unspecified atom stereocenters. The van der Waals surface area contributed by atoms with E-state index in [0.717, 1.165) is 18.6 Å². The van der Waals surface area contributed by atoms with Crippen molar-refractivity contribution in [1.29, 1.82) is 0 Å². The molecule has 96 valence electrons. The molecule has 0 saturated heterocycles. The van der Waals surface area contributed by atoms with E-state index in [0.29, 0.717) is 12.9 Å². The Morgan fingerprint density at radius 3 is 2.72 bits per heavy atom. The number of benzene rings is 1. The molecule has 0 radical (unpaired) electrons. The van der Waals surface area contributed by atoms with Crippen molar-refractivity contribution >= 4 is 17.8 Å². The minimum absolute atomic E-state index is 0.0661. The second kappa shape index (κ2) is 6.54. The Morgan fingerprint density at radius 2 is 2.22 bits per heavy atom. The maximum atomic E-state index is 13.6. The minimum atomic E-state index is -1.29. The van der Waals surface area contributed by atoms with Crippen molar-refractivity contribution in [3.63, 3.8) is 0 Å². The molecule has 1 rings (SSSR count). The molecular weight excluding hydrogens is 239 g/mol. The molecule has 1 aromatic carbocycles. The van der Waals surface area contributed by atoms with E-state index in [1.807, 2.05) is 6.92 Å². The molecule has 0 aliphatic heterocycles. The lowest BCUT2D eigenvalue weighted by Gasteiger charge is -2.07. The zero-order valence-electron chi connectivity index (χ0n) is 9.85. The van der Waals surface area contributed by atoms with Crippen molar-refractivity contribution in [1.82, 2.24) is 0 Å². The lowest BCUT2D eigenvalue weighted by atomic mass is 10.1. The van der Waals surface area contributed by atoms with Crippen LogP contribution in [0.25, 0.3) is 5.57 Å². The fourth-order valence-electron chi connectivity index (χ4n) is 1.36. The van der Waals surface area contributed by atoms with E-state index in [2.05, 4.69) is 0 Å². The van der Waals surface area contributed by atoms with E-state index in [4.69, 9.17) is 9.84 Å². The average Bonchev–Trinajstić information content (AvgIpc) is 2.34. The van der Waals surface area contributed by atoms with Gasteiger partial charge in [0.15, 0.2) is 11.6 Å². The number of carboxylic acid groups (broad SMARTS) is 1. The zero-order valence-corrected chi connectivity index (χ0v) is 9.85. The summed E-state index contributed by atoms with van der Waals surface area (Å²) in [5, 5.41) is 8.88. The highest BCUT2D eigenvalue weighted by atomic mass is 19.1. The summed E-state index contributed by atoms with van der Waals surface area (Å²) in [5.41, 5.74) is -0.137.